The minimum Gasteiger partial charge on any atom is -0.459 e. The van der Waals surface area contributed by atoms with Crippen LogP contribution in [0.15, 0.2) is 36.7 Å². The van der Waals surface area contributed by atoms with Gasteiger partial charge in [-0.25, -0.2) is 9.37 Å². The highest BCUT2D eigenvalue weighted by Gasteiger charge is 2.19. The molecule has 0 saturated carbocycles. The first-order chi connectivity index (χ1) is 12.5. The number of benzene rings is 1. The van der Waals surface area contributed by atoms with Gasteiger partial charge in [-0.15, -0.1) is 0 Å². The van der Waals surface area contributed by atoms with E-state index in [1.165, 1.54) is 18.5 Å². The number of carbonyl (C=O) groups is 2. The van der Waals surface area contributed by atoms with Crippen LogP contribution in [0.2, 0.25) is 0 Å². The minimum absolute atomic E-state index is 0.110. The van der Waals surface area contributed by atoms with Gasteiger partial charge in [0.25, 0.3) is 12.2 Å². The molecule has 0 saturated heterocycles. The van der Waals surface area contributed by atoms with Crippen LogP contribution < -0.4 is 4.74 Å². The number of fused-ring (bicyclic) bond motifs is 1. The molecule has 3 aromatic rings. The van der Waals surface area contributed by atoms with E-state index in [0.29, 0.717) is 5.65 Å². The van der Waals surface area contributed by atoms with Gasteiger partial charge >= 0.3 is 0 Å². The third-order valence-corrected chi connectivity index (χ3v) is 3.46. The van der Waals surface area contributed by atoms with E-state index in [1.807, 2.05) is 0 Å². The summed E-state index contributed by atoms with van der Waals surface area (Å²) < 4.78 is 24.0. The first-order valence-corrected chi connectivity index (χ1v) is 7.17. The van der Waals surface area contributed by atoms with Gasteiger partial charge in [-0.2, -0.15) is 0 Å². The maximum atomic E-state index is 14.1. The van der Waals surface area contributed by atoms with E-state index >= 15 is 0 Å². The molecule has 0 fully saturated rings. The Bertz CT molecular complexity index is 1020. The molecule has 0 amide bonds. The first-order valence-electron chi connectivity index (χ1n) is 7.17. The molecule has 0 atom stereocenters. The Morgan fingerprint density at radius 1 is 1.35 bits per heavy atom. The Kier molecular flexibility index (Phi) is 4.56. The summed E-state index contributed by atoms with van der Waals surface area (Å²) in [6.45, 7) is -0.328. The van der Waals surface area contributed by atoms with Gasteiger partial charge in [-0.3, -0.25) is 19.7 Å². The molecule has 26 heavy (non-hydrogen) atoms. The molecule has 0 spiro atoms. The molecule has 0 unspecified atom stereocenters. The molecule has 10 heteroatoms. The van der Waals surface area contributed by atoms with Gasteiger partial charge in [0.15, 0.2) is 18.2 Å². The lowest BCUT2D eigenvalue weighted by Crippen LogP contribution is -2.07. The number of hydrogen-bond acceptors (Lipinski definition) is 7. The van der Waals surface area contributed by atoms with Crippen LogP contribution in [0, 0.1) is 15.9 Å². The number of rotatable bonds is 7. The molecule has 0 aliphatic carbocycles. The van der Waals surface area contributed by atoms with Crippen molar-refractivity contribution in [3.05, 3.63) is 58.2 Å². The third kappa shape index (κ3) is 3.20. The number of aromatic amines is 1. The van der Waals surface area contributed by atoms with Crippen molar-refractivity contribution in [1.29, 1.82) is 0 Å². The summed E-state index contributed by atoms with van der Waals surface area (Å²) in [7, 11) is 0. The van der Waals surface area contributed by atoms with Crippen LogP contribution >= 0.6 is 0 Å². The van der Waals surface area contributed by atoms with E-state index in [2.05, 4.69) is 14.7 Å². The molecule has 9 nitrogen and oxygen atoms in total. The predicted molar refractivity (Wildman–Crippen MR) is 85.6 cm³/mol. The fourth-order valence-electron chi connectivity index (χ4n) is 2.32. The summed E-state index contributed by atoms with van der Waals surface area (Å²) in [5, 5.41) is 10.9. The lowest BCUT2D eigenvalue weighted by Gasteiger charge is -2.09. The molecule has 0 aliphatic rings. The van der Waals surface area contributed by atoms with Gasteiger partial charge in [0.05, 0.1) is 21.9 Å². The van der Waals surface area contributed by atoms with Gasteiger partial charge in [-0.1, -0.05) is 0 Å². The quantitative estimate of drug-likeness (QED) is 0.298. The van der Waals surface area contributed by atoms with Crippen LogP contribution in [0.25, 0.3) is 11.0 Å². The number of nitrogens with zero attached hydrogens (tertiary/aromatic N) is 2. The van der Waals surface area contributed by atoms with Crippen molar-refractivity contribution in [3.63, 3.8) is 0 Å². The molecule has 0 aliphatic heterocycles. The van der Waals surface area contributed by atoms with E-state index in [4.69, 9.17) is 4.74 Å². The Morgan fingerprint density at radius 3 is 2.85 bits per heavy atom. The lowest BCUT2D eigenvalue weighted by atomic mass is 10.1. The van der Waals surface area contributed by atoms with E-state index in [0.717, 1.165) is 18.2 Å². The zero-order valence-corrected chi connectivity index (χ0v) is 13.0. The molecule has 132 valence electrons. The van der Waals surface area contributed by atoms with Gasteiger partial charge in [0.1, 0.15) is 11.4 Å². The molecule has 3 rings (SSSR count). The zero-order valence-electron chi connectivity index (χ0n) is 13.0. The Balaban J connectivity index is 2.00. The predicted octanol–water partition coefficient (Wildman–Crippen LogP) is 2.76. The fourth-order valence-corrected chi connectivity index (χ4v) is 2.32. The maximum Gasteiger partial charge on any atom is 0.293 e. The largest absolute Gasteiger partial charge is 0.459 e. The standard InChI is InChI=1S/C16H10FN3O6/c17-11-5-9(20(23)24)1-2-13(11)26-14-3-4-18-16-15(14)10(6-19-16)12(22)7-25-8-21/h1-6,8H,7H2,(H,18,19). The molecular formula is C16H10FN3O6. The molecule has 0 bridgehead atoms. The van der Waals surface area contributed by atoms with E-state index in [1.54, 1.807) is 0 Å². The smallest absolute Gasteiger partial charge is 0.293 e. The van der Waals surface area contributed by atoms with Crippen LogP contribution in [0.1, 0.15) is 10.4 Å². The van der Waals surface area contributed by atoms with Crippen molar-refractivity contribution in [2.75, 3.05) is 6.61 Å². The second-order valence-electron chi connectivity index (χ2n) is 5.04. The van der Waals surface area contributed by atoms with Gasteiger partial charge in [0.2, 0.25) is 5.78 Å². The number of nitro groups is 1. The lowest BCUT2D eigenvalue weighted by molar-refractivity contribution is -0.385. The molecule has 0 radical (unpaired) electrons. The number of carbonyl (C=O) groups excluding carboxylic acids is 2. The summed E-state index contributed by atoms with van der Waals surface area (Å²) in [5.74, 6) is -1.59. The molecular weight excluding hydrogens is 349 g/mol. The number of H-pyrrole nitrogens is 1. The topological polar surface area (TPSA) is 124 Å². The van der Waals surface area contributed by atoms with Gasteiger partial charge < -0.3 is 14.5 Å². The van der Waals surface area contributed by atoms with Crippen molar-refractivity contribution in [2.45, 2.75) is 0 Å². The normalized spacial score (nSPS) is 10.5. The van der Waals surface area contributed by atoms with Crippen molar-refractivity contribution in [2.24, 2.45) is 0 Å². The van der Waals surface area contributed by atoms with E-state index in [9.17, 15) is 24.1 Å². The van der Waals surface area contributed by atoms with E-state index in [-0.39, 0.29) is 28.9 Å². The number of ether oxygens (including phenoxy) is 2. The van der Waals surface area contributed by atoms with Crippen LogP contribution in [0.4, 0.5) is 10.1 Å². The number of Topliss-reactive ketones (excluding diaryl/α,β-unsaturated/α-hetero) is 1. The monoisotopic (exact) mass is 359 g/mol. The molecule has 2 heterocycles. The van der Waals surface area contributed by atoms with Gasteiger partial charge in [0, 0.05) is 18.5 Å². The minimum atomic E-state index is -0.933. The Hall–Kier alpha value is -3.82. The van der Waals surface area contributed by atoms with Crippen LogP contribution in [0.3, 0.4) is 0 Å². The van der Waals surface area contributed by atoms with E-state index < -0.39 is 28.8 Å². The van der Waals surface area contributed by atoms with Crippen molar-refractivity contribution in [1.82, 2.24) is 9.97 Å². The average molecular weight is 359 g/mol. The number of ketones is 1. The summed E-state index contributed by atoms with van der Waals surface area (Å²) in [6, 6.07) is 4.35. The summed E-state index contributed by atoms with van der Waals surface area (Å²) >= 11 is 0. The molecule has 1 N–H and O–H groups in total. The number of nitro benzene ring substituents is 1. The van der Waals surface area contributed by atoms with Crippen molar-refractivity contribution < 1.29 is 28.4 Å². The number of non-ortho nitro benzene ring substituents is 1. The Labute approximate surface area is 144 Å². The first kappa shape index (κ1) is 17.0. The second-order valence-corrected chi connectivity index (χ2v) is 5.04. The maximum absolute atomic E-state index is 14.1. The number of halogens is 1. The summed E-state index contributed by atoms with van der Waals surface area (Å²) in [4.78, 5) is 39.2. The van der Waals surface area contributed by atoms with Crippen LogP contribution in [-0.2, 0) is 9.53 Å². The zero-order chi connectivity index (χ0) is 18.7. The summed E-state index contributed by atoms with van der Waals surface area (Å²) in [6.07, 6.45) is 2.75. The fraction of sp³-hybridized carbons (Fsp3) is 0.0625. The van der Waals surface area contributed by atoms with Crippen molar-refractivity contribution >= 4 is 29.0 Å². The second kappa shape index (κ2) is 6.97. The van der Waals surface area contributed by atoms with Gasteiger partial charge in [-0.05, 0) is 12.1 Å². The average Bonchev–Trinajstić information content (AvgIpc) is 3.06. The molecule has 1 aromatic carbocycles. The number of nitrogens with one attached hydrogen (secondary N) is 1. The van der Waals surface area contributed by atoms with Crippen molar-refractivity contribution in [3.8, 4) is 11.5 Å². The highest BCUT2D eigenvalue weighted by molar-refractivity contribution is 6.10. The Morgan fingerprint density at radius 2 is 2.15 bits per heavy atom. The number of pyridine rings is 1. The van der Waals surface area contributed by atoms with Crippen LogP contribution in [-0.4, -0.2) is 33.8 Å². The number of aromatic nitrogens is 2. The molecule has 2 aromatic heterocycles. The number of hydrogen-bond donors (Lipinski definition) is 1. The van der Waals surface area contributed by atoms with Crippen LogP contribution in [0.5, 0.6) is 11.5 Å². The third-order valence-electron chi connectivity index (χ3n) is 3.46. The summed E-state index contributed by atoms with van der Waals surface area (Å²) in [5.41, 5.74) is 0.0322. The SMILES string of the molecule is O=COCC(=O)c1c[nH]c2nccc(Oc3ccc([N+](=O)[O-])cc3F)c12. The highest BCUT2D eigenvalue weighted by Crippen LogP contribution is 2.33. The highest BCUT2D eigenvalue weighted by atomic mass is 19.1.